The Kier molecular flexibility index (Phi) is 4.49. The second-order valence-corrected chi connectivity index (χ2v) is 6.83. The Morgan fingerprint density at radius 1 is 1.08 bits per heavy atom. The summed E-state index contributed by atoms with van der Waals surface area (Å²) in [6.07, 6.45) is 0. The number of rotatable bonds is 5. The van der Waals surface area contributed by atoms with Crippen molar-refractivity contribution in [3.63, 3.8) is 0 Å². The molecule has 0 fully saturated rings. The van der Waals surface area contributed by atoms with Crippen LogP contribution in [-0.4, -0.2) is 33.5 Å². The number of methoxy groups -OCH3 is 1. The fourth-order valence-electron chi connectivity index (χ4n) is 2.59. The van der Waals surface area contributed by atoms with Crippen molar-refractivity contribution in [3.05, 3.63) is 53.9 Å². The zero-order valence-corrected chi connectivity index (χ0v) is 14.5. The minimum absolute atomic E-state index is 0.0238. The molecule has 2 heterocycles. The third kappa shape index (κ3) is 3.38. The molecular weight excluding hydrogens is 302 g/mol. The Bertz CT molecular complexity index is 807. The molecule has 1 atom stereocenters. The van der Waals surface area contributed by atoms with Crippen molar-refractivity contribution in [2.24, 2.45) is 0 Å². The molecule has 0 aliphatic carbocycles. The van der Waals surface area contributed by atoms with Crippen LogP contribution >= 0.6 is 0 Å². The molecule has 1 N–H and O–H groups in total. The van der Waals surface area contributed by atoms with Gasteiger partial charge in [0.15, 0.2) is 11.5 Å². The molecule has 0 spiro atoms. The second kappa shape index (κ2) is 6.57. The normalized spacial score (nSPS) is 13.2. The van der Waals surface area contributed by atoms with Crippen molar-refractivity contribution >= 4 is 11.5 Å². The summed E-state index contributed by atoms with van der Waals surface area (Å²) >= 11 is 0. The van der Waals surface area contributed by atoms with Crippen molar-refractivity contribution in [3.8, 4) is 0 Å². The predicted octanol–water partition coefficient (Wildman–Crippen LogP) is 3.22. The van der Waals surface area contributed by atoms with E-state index in [0.717, 1.165) is 22.9 Å². The minimum atomic E-state index is -0.129. The maximum absolute atomic E-state index is 5.36. The zero-order valence-electron chi connectivity index (χ0n) is 14.5. The van der Waals surface area contributed by atoms with Crippen LogP contribution in [0.25, 0.3) is 5.65 Å². The molecule has 0 bridgehead atoms. The van der Waals surface area contributed by atoms with Gasteiger partial charge in [0.25, 0.3) is 0 Å². The summed E-state index contributed by atoms with van der Waals surface area (Å²) in [4.78, 5) is 0. The first kappa shape index (κ1) is 16.4. The Morgan fingerprint density at radius 2 is 1.83 bits per heavy atom. The standard InChI is InChI=1S/C18H23N5O/c1-18(2,3)17-21-20-16-11-10-15(22-23(16)17)19-14(12-24-4)13-8-6-5-7-9-13/h5-11,14H,12H2,1-4H3,(H,19,22). The van der Waals surface area contributed by atoms with Gasteiger partial charge < -0.3 is 10.1 Å². The number of fused-ring (bicyclic) bond motifs is 1. The van der Waals surface area contributed by atoms with Gasteiger partial charge in [0.05, 0.1) is 12.6 Å². The average molecular weight is 325 g/mol. The zero-order chi connectivity index (χ0) is 17.2. The van der Waals surface area contributed by atoms with Crippen LogP contribution in [0.15, 0.2) is 42.5 Å². The predicted molar refractivity (Wildman–Crippen MR) is 94.2 cm³/mol. The molecule has 0 saturated carbocycles. The molecule has 126 valence electrons. The molecule has 6 nitrogen and oxygen atoms in total. The molecule has 0 saturated heterocycles. The number of benzene rings is 1. The maximum Gasteiger partial charge on any atom is 0.178 e. The molecule has 2 aromatic heterocycles. The van der Waals surface area contributed by atoms with E-state index in [4.69, 9.17) is 4.74 Å². The fourth-order valence-corrected chi connectivity index (χ4v) is 2.59. The van der Waals surface area contributed by atoms with Gasteiger partial charge >= 0.3 is 0 Å². The van der Waals surface area contributed by atoms with E-state index in [0.29, 0.717) is 6.61 Å². The maximum atomic E-state index is 5.36. The lowest BCUT2D eigenvalue weighted by Crippen LogP contribution is -2.20. The Labute approximate surface area is 141 Å². The van der Waals surface area contributed by atoms with E-state index >= 15 is 0 Å². The summed E-state index contributed by atoms with van der Waals surface area (Å²) in [5.41, 5.74) is 1.77. The van der Waals surface area contributed by atoms with Crippen molar-refractivity contribution in [1.82, 2.24) is 19.8 Å². The highest BCUT2D eigenvalue weighted by Gasteiger charge is 2.22. The largest absolute Gasteiger partial charge is 0.382 e. The first-order valence-electron chi connectivity index (χ1n) is 8.02. The van der Waals surface area contributed by atoms with Gasteiger partial charge in [-0.1, -0.05) is 51.1 Å². The summed E-state index contributed by atoms with van der Waals surface area (Å²) in [7, 11) is 1.70. The summed E-state index contributed by atoms with van der Waals surface area (Å²) < 4.78 is 7.16. The van der Waals surface area contributed by atoms with Crippen molar-refractivity contribution in [1.29, 1.82) is 0 Å². The summed E-state index contributed by atoms with van der Waals surface area (Å²) in [5, 5.41) is 16.6. The SMILES string of the molecule is COCC(Nc1ccc2nnc(C(C)(C)C)n2n1)c1ccccc1. The monoisotopic (exact) mass is 325 g/mol. The van der Waals surface area contributed by atoms with Gasteiger partial charge in [-0.2, -0.15) is 4.52 Å². The summed E-state index contributed by atoms with van der Waals surface area (Å²) in [6.45, 7) is 6.85. The van der Waals surface area contributed by atoms with E-state index in [2.05, 4.69) is 53.5 Å². The van der Waals surface area contributed by atoms with Crippen molar-refractivity contribution in [2.45, 2.75) is 32.2 Å². The highest BCUT2D eigenvalue weighted by Crippen LogP contribution is 2.22. The first-order chi connectivity index (χ1) is 11.5. The van der Waals surface area contributed by atoms with Gasteiger partial charge in [-0.15, -0.1) is 15.3 Å². The van der Waals surface area contributed by atoms with Gasteiger partial charge in [0.1, 0.15) is 5.82 Å². The Balaban J connectivity index is 1.93. The van der Waals surface area contributed by atoms with E-state index in [-0.39, 0.29) is 11.5 Å². The van der Waals surface area contributed by atoms with Crippen LogP contribution in [0.1, 0.15) is 38.2 Å². The minimum Gasteiger partial charge on any atom is -0.382 e. The number of nitrogens with zero attached hydrogens (tertiary/aromatic N) is 4. The highest BCUT2D eigenvalue weighted by atomic mass is 16.5. The van der Waals surface area contributed by atoms with Crippen LogP contribution in [0.2, 0.25) is 0 Å². The van der Waals surface area contributed by atoms with Gasteiger partial charge in [0.2, 0.25) is 0 Å². The molecule has 1 unspecified atom stereocenters. The molecule has 0 amide bonds. The first-order valence-corrected chi connectivity index (χ1v) is 8.02. The highest BCUT2D eigenvalue weighted by molar-refractivity contribution is 5.46. The van der Waals surface area contributed by atoms with Gasteiger partial charge in [-0.05, 0) is 17.7 Å². The number of ether oxygens (including phenoxy) is 1. The summed E-state index contributed by atoms with van der Waals surface area (Å²) in [5.74, 6) is 1.60. The lowest BCUT2D eigenvalue weighted by molar-refractivity contribution is 0.186. The molecule has 0 aliphatic heterocycles. The number of hydrogen-bond acceptors (Lipinski definition) is 5. The van der Waals surface area contributed by atoms with Gasteiger partial charge in [-0.3, -0.25) is 0 Å². The van der Waals surface area contributed by atoms with Crippen molar-refractivity contribution in [2.75, 3.05) is 19.0 Å². The van der Waals surface area contributed by atoms with Crippen LogP contribution in [0.5, 0.6) is 0 Å². The van der Waals surface area contributed by atoms with E-state index in [1.807, 2.05) is 30.3 Å². The topological polar surface area (TPSA) is 64.3 Å². The molecule has 0 aliphatic rings. The Morgan fingerprint density at radius 3 is 2.50 bits per heavy atom. The van der Waals surface area contributed by atoms with Gasteiger partial charge in [0, 0.05) is 12.5 Å². The number of hydrogen-bond donors (Lipinski definition) is 1. The summed E-state index contributed by atoms with van der Waals surface area (Å²) in [6, 6.07) is 14.1. The molecule has 3 aromatic rings. The molecule has 1 aromatic carbocycles. The lowest BCUT2D eigenvalue weighted by Gasteiger charge is -2.19. The molecule has 3 rings (SSSR count). The fraction of sp³-hybridized carbons (Fsp3) is 0.389. The van der Waals surface area contributed by atoms with E-state index < -0.39 is 0 Å². The van der Waals surface area contributed by atoms with E-state index in [1.165, 1.54) is 0 Å². The van der Waals surface area contributed by atoms with Crippen LogP contribution in [-0.2, 0) is 10.2 Å². The molecule has 24 heavy (non-hydrogen) atoms. The number of anilines is 1. The quantitative estimate of drug-likeness (QED) is 0.780. The number of aromatic nitrogens is 4. The van der Waals surface area contributed by atoms with Crippen LogP contribution in [0.4, 0.5) is 5.82 Å². The number of nitrogens with one attached hydrogen (secondary N) is 1. The van der Waals surface area contributed by atoms with Crippen LogP contribution in [0.3, 0.4) is 0 Å². The molecule has 6 heteroatoms. The molecular formula is C18H23N5O. The second-order valence-electron chi connectivity index (χ2n) is 6.83. The van der Waals surface area contributed by atoms with Gasteiger partial charge in [-0.25, -0.2) is 0 Å². The van der Waals surface area contributed by atoms with Crippen molar-refractivity contribution < 1.29 is 4.74 Å². The van der Waals surface area contributed by atoms with Crippen LogP contribution < -0.4 is 5.32 Å². The third-order valence-corrected chi connectivity index (χ3v) is 3.79. The smallest absolute Gasteiger partial charge is 0.178 e. The lowest BCUT2D eigenvalue weighted by atomic mass is 9.96. The van der Waals surface area contributed by atoms with Crippen LogP contribution in [0, 0.1) is 0 Å². The average Bonchev–Trinajstić information content (AvgIpc) is 2.99. The Hall–Kier alpha value is -2.47. The van der Waals surface area contributed by atoms with E-state index in [1.54, 1.807) is 11.6 Å². The molecule has 0 radical (unpaired) electrons. The van der Waals surface area contributed by atoms with E-state index in [9.17, 15) is 0 Å². The third-order valence-electron chi connectivity index (χ3n) is 3.79.